The molecule has 0 saturated carbocycles. The van der Waals surface area contributed by atoms with Crippen LogP contribution in [0, 0.1) is 6.57 Å². The van der Waals surface area contributed by atoms with E-state index in [9.17, 15) is 0 Å². The molecule has 0 amide bonds. The second kappa shape index (κ2) is 5.20. The van der Waals surface area contributed by atoms with Gasteiger partial charge in [0, 0.05) is 31.6 Å². The van der Waals surface area contributed by atoms with E-state index in [0.717, 1.165) is 45.6 Å². The van der Waals surface area contributed by atoms with E-state index in [1.165, 1.54) is 5.69 Å². The SMILES string of the molecule is [C-]#[N+]c1ccc(N2CCC3(CC2)OCCCO3)cc1. The van der Waals surface area contributed by atoms with E-state index in [4.69, 9.17) is 16.0 Å². The fourth-order valence-corrected chi connectivity index (χ4v) is 2.75. The number of ether oxygens (including phenoxy) is 2. The van der Waals surface area contributed by atoms with Crippen molar-refractivity contribution in [3.63, 3.8) is 0 Å². The summed E-state index contributed by atoms with van der Waals surface area (Å²) in [7, 11) is 0. The lowest BCUT2D eigenvalue weighted by molar-refractivity contribution is -0.275. The normalized spacial score (nSPS) is 22.2. The zero-order valence-corrected chi connectivity index (χ0v) is 11.0. The van der Waals surface area contributed by atoms with Crippen LogP contribution in [0.2, 0.25) is 0 Å². The van der Waals surface area contributed by atoms with Gasteiger partial charge in [-0.1, -0.05) is 12.1 Å². The number of rotatable bonds is 1. The molecule has 2 heterocycles. The lowest BCUT2D eigenvalue weighted by Crippen LogP contribution is -2.50. The first-order valence-corrected chi connectivity index (χ1v) is 6.82. The van der Waals surface area contributed by atoms with E-state index in [1.807, 2.05) is 24.3 Å². The van der Waals surface area contributed by atoms with Gasteiger partial charge >= 0.3 is 0 Å². The average molecular weight is 258 g/mol. The molecule has 19 heavy (non-hydrogen) atoms. The first-order valence-electron chi connectivity index (χ1n) is 6.82. The maximum Gasteiger partial charge on any atom is 0.187 e. The largest absolute Gasteiger partial charge is 0.371 e. The molecule has 1 aromatic carbocycles. The van der Waals surface area contributed by atoms with Gasteiger partial charge in [0.05, 0.1) is 19.8 Å². The van der Waals surface area contributed by atoms with E-state index in [2.05, 4.69) is 9.74 Å². The van der Waals surface area contributed by atoms with Crippen LogP contribution in [-0.2, 0) is 9.47 Å². The molecule has 0 bridgehead atoms. The van der Waals surface area contributed by atoms with Crippen LogP contribution in [0.15, 0.2) is 24.3 Å². The molecule has 2 saturated heterocycles. The summed E-state index contributed by atoms with van der Waals surface area (Å²) in [5.41, 5.74) is 1.87. The maximum absolute atomic E-state index is 6.97. The van der Waals surface area contributed by atoms with Crippen LogP contribution in [0.3, 0.4) is 0 Å². The first kappa shape index (κ1) is 12.5. The predicted molar refractivity (Wildman–Crippen MR) is 73.4 cm³/mol. The Kier molecular flexibility index (Phi) is 3.41. The summed E-state index contributed by atoms with van der Waals surface area (Å²) in [6.45, 7) is 10.5. The fraction of sp³-hybridized carbons (Fsp3) is 0.533. The molecule has 3 rings (SSSR count). The molecule has 2 aliphatic rings. The lowest BCUT2D eigenvalue weighted by atomic mass is 10.0. The van der Waals surface area contributed by atoms with Gasteiger partial charge in [0.1, 0.15) is 0 Å². The van der Waals surface area contributed by atoms with Crippen molar-refractivity contribution in [1.29, 1.82) is 0 Å². The van der Waals surface area contributed by atoms with E-state index in [1.54, 1.807) is 0 Å². The second-order valence-electron chi connectivity index (χ2n) is 5.08. The van der Waals surface area contributed by atoms with E-state index < -0.39 is 0 Å². The standard InChI is InChI=1S/C15H18N2O2/c1-16-13-3-5-14(6-4-13)17-9-7-15(8-10-17)18-11-2-12-19-15/h3-6H,2,7-12H2. The molecular weight excluding hydrogens is 240 g/mol. The maximum atomic E-state index is 6.97. The molecule has 2 fully saturated rings. The highest BCUT2D eigenvalue weighted by Gasteiger charge is 2.38. The zero-order chi connectivity index (χ0) is 13.1. The Hall–Kier alpha value is -1.57. The Morgan fingerprint density at radius 1 is 1.05 bits per heavy atom. The number of hydrogen-bond donors (Lipinski definition) is 0. The van der Waals surface area contributed by atoms with Gasteiger partial charge < -0.3 is 14.4 Å². The van der Waals surface area contributed by atoms with Gasteiger partial charge in [0.2, 0.25) is 0 Å². The molecule has 0 radical (unpaired) electrons. The molecule has 0 aromatic heterocycles. The van der Waals surface area contributed by atoms with Gasteiger partial charge in [0.25, 0.3) is 0 Å². The summed E-state index contributed by atoms with van der Waals surface area (Å²) in [5, 5.41) is 0. The third kappa shape index (κ3) is 2.58. The molecular formula is C15H18N2O2. The van der Waals surface area contributed by atoms with Gasteiger partial charge in [-0.05, 0) is 18.6 Å². The molecule has 0 atom stereocenters. The second-order valence-corrected chi connectivity index (χ2v) is 5.08. The molecule has 100 valence electrons. The molecule has 0 N–H and O–H groups in total. The molecule has 4 nitrogen and oxygen atoms in total. The number of hydrogen-bond acceptors (Lipinski definition) is 3. The first-order chi connectivity index (χ1) is 9.31. The van der Waals surface area contributed by atoms with Crippen LogP contribution in [0.5, 0.6) is 0 Å². The van der Waals surface area contributed by atoms with Gasteiger partial charge in [-0.25, -0.2) is 4.85 Å². The van der Waals surface area contributed by atoms with Crippen molar-refractivity contribution in [2.75, 3.05) is 31.2 Å². The summed E-state index contributed by atoms with van der Waals surface area (Å²) in [6.07, 6.45) is 2.83. The highest BCUT2D eigenvalue weighted by atomic mass is 16.7. The number of piperidine rings is 1. The lowest BCUT2D eigenvalue weighted by Gasteiger charge is -2.44. The minimum atomic E-state index is -0.328. The van der Waals surface area contributed by atoms with Crippen LogP contribution < -0.4 is 4.90 Å². The number of benzene rings is 1. The molecule has 0 aliphatic carbocycles. The van der Waals surface area contributed by atoms with Crippen LogP contribution in [-0.4, -0.2) is 32.1 Å². The van der Waals surface area contributed by atoms with Crippen molar-refractivity contribution < 1.29 is 9.47 Å². The summed E-state index contributed by atoms with van der Waals surface area (Å²) in [5.74, 6) is -0.328. The third-order valence-electron chi connectivity index (χ3n) is 3.89. The van der Waals surface area contributed by atoms with Crippen molar-refractivity contribution in [2.45, 2.75) is 25.0 Å². The highest BCUT2D eigenvalue weighted by Crippen LogP contribution is 2.33. The van der Waals surface area contributed by atoms with E-state index >= 15 is 0 Å². The van der Waals surface area contributed by atoms with Gasteiger partial charge in [0.15, 0.2) is 11.5 Å². The number of nitrogens with zero attached hydrogens (tertiary/aromatic N) is 2. The van der Waals surface area contributed by atoms with Crippen LogP contribution in [0.1, 0.15) is 19.3 Å². The molecule has 2 aliphatic heterocycles. The summed E-state index contributed by atoms with van der Waals surface area (Å²) in [4.78, 5) is 5.75. The summed E-state index contributed by atoms with van der Waals surface area (Å²) < 4.78 is 11.7. The summed E-state index contributed by atoms with van der Waals surface area (Å²) in [6, 6.07) is 7.79. The fourth-order valence-electron chi connectivity index (χ4n) is 2.75. The Morgan fingerprint density at radius 3 is 2.26 bits per heavy atom. The average Bonchev–Trinajstić information content (AvgIpc) is 2.49. The molecule has 0 unspecified atom stereocenters. The van der Waals surface area contributed by atoms with Gasteiger partial charge in [-0.15, -0.1) is 0 Å². The van der Waals surface area contributed by atoms with Gasteiger partial charge in [-0.2, -0.15) is 0 Å². The molecule has 1 spiro atoms. The van der Waals surface area contributed by atoms with Crippen LogP contribution in [0.4, 0.5) is 11.4 Å². The van der Waals surface area contributed by atoms with Gasteiger partial charge in [-0.3, -0.25) is 0 Å². The quantitative estimate of drug-likeness (QED) is 0.724. The third-order valence-corrected chi connectivity index (χ3v) is 3.89. The zero-order valence-electron chi connectivity index (χ0n) is 11.0. The monoisotopic (exact) mass is 258 g/mol. The van der Waals surface area contributed by atoms with Crippen molar-refractivity contribution in [3.8, 4) is 0 Å². The topological polar surface area (TPSA) is 26.1 Å². The smallest absolute Gasteiger partial charge is 0.187 e. The summed E-state index contributed by atoms with van der Waals surface area (Å²) >= 11 is 0. The Morgan fingerprint density at radius 2 is 1.68 bits per heavy atom. The van der Waals surface area contributed by atoms with E-state index in [-0.39, 0.29) is 5.79 Å². The van der Waals surface area contributed by atoms with Crippen molar-refractivity contribution in [3.05, 3.63) is 35.7 Å². The minimum absolute atomic E-state index is 0.328. The van der Waals surface area contributed by atoms with Crippen molar-refractivity contribution >= 4 is 11.4 Å². The highest BCUT2D eigenvalue weighted by molar-refractivity contribution is 5.55. The molecule has 4 heteroatoms. The Labute approximate surface area is 113 Å². The molecule has 1 aromatic rings. The Balaban J connectivity index is 1.64. The minimum Gasteiger partial charge on any atom is -0.371 e. The van der Waals surface area contributed by atoms with Crippen LogP contribution in [0.25, 0.3) is 4.85 Å². The van der Waals surface area contributed by atoms with Crippen molar-refractivity contribution in [2.24, 2.45) is 0 Å². The predicted octanol–water partition coefficient (Wildman–Crippen LogP) is 2.97. The van der Waals surface area contributed by atoms with Crippen LogP contribution >= 0.6 is 0 Å². The van der Waals surface area contributed by atoms with E-state index in [0.29, 0.717) is 5.69 Å². The van der Waals surface area contributed by atoms with Crippen molar-refractivity contribution in [1.82, 2.24) is 0 Å². The number of anilines is 1. The Bertz CT molecular complexity index is 462.